The van der Waals surface area contributed by atoms with Crippen molar-refractivity contribution < 1.29 is 17.4 Å². The van der Waals surface area contributed by atoms with Gasteiger partial charge in [-0.25, -0.2) is 8.42 Å². The Balaban J connectivity index is 2.70. The standard InChI is InChI=1S/C14H16O4S2/c1-18-11-7-3-5-9-13(11)20(2,17)14-10-6-4-8-12(14)19(15)16/h3-10,19-20H,1-2H3. The van der Waals surface area contributed by atoms with Crippen LogP contribution in [0.3, 0.4) is 0 Å². The van der Waals surface area contributed by atoms with Crippen LogP contribution in [-0.2, 0) is 20.6 Å². The maximum atomic E-state index is 13.2. The molecule has 0 aliphatic rings. The van der Waals surface area contributed by atoms with E-state index in [2.05, 4.69) is 0 Å². The lowest BCUT2D eigenvalue weighted by atomic mass is 10.3. The van der Waals surface area contributed by atoms with Crippen molar-refractivity contribution >= 4 is 20.6 Å². The van der Waals surface area contributed by atoms with Gasteiger partial charge in [-0.2, -0.15) is 0 Å². The van der Waals surface area contributed by atoms with Gasteiger partial charge in [0.25, 0.3) is 0 Å². The van der Waals surface area contributed by atoms with Gasteiger partial charge in [-0.05, 0) is 30.5 Å². The van der Waals surface area contributed by atoms with Crippen molar-refractivity contribution in [3.8, 4) is 5.75 Å². The van der Waals surface area contributed by atoms with Crippen LogP contribution in [0.4, 0.5) is 0 Å². The molecule has 2 rings (SSSR count). The van der Waals surface area contributed by atoms with Crippen molar-refractivity contribution in [2.75, 3.05) is 13.4 Å². The molecule has 20 heavy (non-hydrogen) atoms. The smallest absolute Gasteiger partial charge is 0.169 e. The Morgan fingerprint density at radius 3 is 2.10 bits per heavy atom. The van der Waals surface area contributed by atoms with E-state index in [-0.39, 0.29) is 4.90 Å². The molecule has 0 spiro atoms. The Labute approximate surface area is 120 Å². The summed E-state index contributed by atoms with van der Waals surface area (Å²) in [7, 11) is -4.35. The molecule has 0 saturated carbocycles. The van der Waals surface area contributed by atoms with Crippen molar-refractivity contribution in [2.24, 2.45) is 0 Å². The molecule has 4 nitrogen and oxygen atoms in total. The zero-order chi connectivity index (χ0) is 14.8. The van der Waals surface area contributed by atoms with Crippen molar-refractivity contribution in [2.45, 2.75) is 14.7 Å². The van der Waals surface area contributed by atoms with Crippen molar-refractivity contribution in [3.05, 3.63) is 48.5 Å². The van der Waals surface area contributed by atoms with Gasteiger partial charge in [-0.3, -0.25) is 4.21 Å². The number of benzene rings is 2. The summed E-state index contributed by atoms with van der Waals surface area (Å²) >= 11 is 0. The number of methoxy groups -OCH3 is 1. The number of rotatable bonds is 4. The average Bonchev–Trinajstić information content (AvgIpc) is 2.47. The van der Waals surface area contributed by atoms with Crippen LogP contribution in [0, 0.1) is 0 Å². The molecule has 0 bridgehead atoms. The molecule has 0 unspecified atom stereocenters. The molecular formula is C14H16O4S2. The Bertz CT molecular complexity index is 742. The van der Waals surface area contributed by atoms with Gasteiger partial charge in [0.05, 0.1) is 16.9 Å². The Hall–Kier alpha value is -1.66. The van der Waals surface area contributed by atoms with E-state index in [9.17, 15) is 12.6 Å². The zero-order valence-electron chi connectivity index (χ0n) is 11.1. The van der Waals surface area contributed by atoms with Crippen LogP contribution in [0.15, 0.2) is 63.2 Å². The van der Waals surface area contributed by atoms with E-state index in [1.54, 1.807) is 48.7 Å². The summed E-state index contributed by atoms with van der Waals surface area (Å²) in [4.78, 5) is 0.951. The van der Waals surface area contributed by atoms with E-state index >= 15 is 0 Å². The van der Waals surface area contributed by atoms with E-state index in [4.69, 9.17) is 4.74 Å². The fraction of sp³-hybridized carbons (Fsp3) is 0.143. The van der Waals surface area contributed by atoms with Gasteiger partial charge in [0.15, 0.2) is 10.7 Å². The van der Waals surface area contributed by atoms with Crippen molar-refractivity contribution in [3.63, 3.8) is 0 Å². The Kier molecular flexibility index (Phi) is 4.25. The molecule has 0 atom stereocenters. The first-order chi connectivity index (χ1) is 9.48. The maximum absolute atomic E-state index is 13.2. The molecule has 0 saturated heterocycles. The van der Waals surface area contributed by atoms with E-state index in [0.29, 0.717) is 15.5 Å². The molecule has 0 N–H and O–H groups in total. The van der Waals surface area contributed by atoms with E-state index in [1.807, 2.05) is 0 Å². The second kappa shape index (κ2) is 5.76. The minimum atomic E-state index is -3.05. The summed E-state index contributed by atoms with van der Waals surface area (Å²) < 4.78 is 41.1. The number of thiol groups is 2. The number of ether oxygens (including phenoxy) is 1. The van der Waals surface area contributed by atoms with Crippen LogP contribution >= 0.6 is 0 Å². The molecule has 6 heteroatoms. The van der Waals surface area contributed by atoms with Gasteiger partial charge in [0.1, 0.15) is 5.75 Å². The number of hydrogen-bond acceptors (Lipinski definition) is 4. The van der Waals surface area contributed by atoms with E-state index < -0.39 is 20.6 Å². The lowest BCUT2D eigenvalue weighted by Crippen LogP contribution is -2.14. The largest absolute Gasteiger partial charge is 0.496 e. The van der Waals surface area contributed by atoms with Crippen LogP contribution in [0.1, 0.15) is 0 Å². The number of para-hydroxylation sites is 1. The molecule has 0 aliphatic heterocycles. The maximum Gasteiger partial charge on any atom is 0.169 e. The third kappa shape index (κ3) is 2.62. The normalized spacial score (nSPS) is 12.3. The van der Waals surface area contributed by atoms with Gasteiger partial charge in [-0.1, -0.05) is 34.2 Å². The quantitative estimate of drug-likeness (QED) is 0.844. The van der Waals surface area contributed by atoms with Crippen molar-refractivity contribution in [1.29, 1.82) is 0 Å². The fourth-order valence-corrected chi connectivity index (χ4v) is 5.48. The summed E-state index contributed by atoms with van der Waals surface area (Å²) in [5, 5.41) is 0. The van der Waals surface area contributed by atoms with Gasteiger partial charge >= 0.3 is 0 Å². The highest BCUT2D eigenvalue weighted by Gasteiger charge is 2.22. The first-order valence-corrected chi connectivity index (χ1v) is 9.26. The summed E-state index contributed by atoms with van der Waals surface area (Å²) in [5.41, 5.74) is 0. The lowest BCUT2D eigenvalue weighted by Gasteiger charge is -2.22. The molecule has 0 fully saturated rings. The van der Waals surface area contributed by atoms with Gasteiger partial charge in [0.2, 0.25) is 0 Å². The predicted octanol–water partition coefficient (Wildman–Crippen LogP) is 1.73. The van der Waals surface area contributed by atoms with Crippen LogP contribution in [0.25, 0.3) is 0 Å². The molecular weight excluding hydrogens is 296 g/mol. The van der Waals surface area contributed by atoms with E-state index in [0.717, 1.165) is 0 Å². The lowest BCUT2D eigenvalue weighted by molar-refractivity contribution is 0.403. The van der Waals surface area contributed by atoms with Gasteiger partial charge in [0, 0.05) is 4.90 Å². The third-order valence-electron chi connectivity index (χ3n) is 3.08. The minimum Gasteiger partial charge on any atom is -0.496 e. The molecule has 0 amide bonds. The summed E-state index contributed by atoms with van der Waals surface area (Å²) in [6, 6.07) is 13.3. The predicted molar refractivity (Wildman–Crippen MR) is 80.0 cm³/mol. The first kappa shape index (κ1) is 14.7. The molecule has 0 radical (unpaired) electrons. The molecule has 2 aromatic carbocycles. The van der Waals surface area contributed by atoms with Gasteiger partial charge in [-0.15, -0.1) is 0 Å². The second-order valence-electron chi connectivity index (χ2n) is 4.34. The highest BCUT2D eigenvalue weighted by atomic mass is 32.2. The molecule has 108 valence electrons. The van der Waals surface area contributed by atoms with Crippen LogP contribution in [0.2, 0.25) is 0 Å². The minimum absolute atomic E-state index is 0.0965. The summed E-state index contributed by atoms with van der Waals surface area (Å²) in [6.07, 6.45) is 1.56. The van der Waals surface area contributed by atoms with Crippen LogP contribution in [-0.4, -0.2) is 26.0 Å². The Morgan fingerprint density at radius 2 is 1.50 bits per heavy atom. The highest BCUT2D eigenvalue weighted by molar-refractivity contribution is 8.02. The van der Waals surface area contributed by atoms with E-state index in [1.165, 1.54) is 13.2 Å². The zero-order valence-corrected chi connectivity index (χ0v) is 12.9. The Morgan fingerprint density at radius 1 is 0.950 bits per heavy atom. The molecule has 0 heterocycles. The summed E-state index contributed by atoms with van der Waals surface area (Å²) in [5.74, 6) is 0.495. The third-order valence-corrected chi connectivity index (χ3v) is 6.64. The summed E-state index contributed by atoms with van der Waals surface area (Å²) in [6.45, 7) is 0. The monoisotopic (exact) mass is 312 g/mol. The van der Waals surface area contributed by atoms with Crippen LogP contribution < -0.4 is 4.74 Å². The molecule has 0 aliphatic carbocycles. The first-order valence-electron chi connectivity index (χ1n) is 5.93. The SMILES string of the molecule is COc1ccccc1[SH](C)(=O)c1ccccc1[SH](=O)=O. The second-order valence-corrected chi connectivity index (χ2v) is 8.15. The van der Waals surface area contributed by atoms with Gasteiger partial charge < -0.3 is 4.74 Å². The molecule has 0 aromatic heterocycles. The van der Waals surface area contributed by atoms with Crippen molar-refractivity contribution in [1.82, 2.24) is 0 Å². The highest BCUT2D eigenvalue weighted by Crippen LogP contribution is 2.35. The number of hydrogen-bond donors (Lipinski definition) is 2. The van der Waals surface area contributed by atoms with Crippen LogP contribution in [0.5, 0.6) is 5.75 Å². The topological polar surface area (TPSA) is 60.4 Å². The fourth-order valence-electron chi connectivity index (χ4n) is 2.09. The molecule has 2 aromatic rings. The average molecular weight is 312 g/mol.